The van der Waals surface area contributed by atoms with E-state index in [1.54, 1.807) is 0 Å². The Hall–Kier alpha value is -0.340. The summed E-state index contributed by atoms with van der Waals surface area (Å²) < 4.78 is 1.07. The van der Waals surface area contributed by atoms with Crippen molar-refractivity contribution in [3.8, 4) is 0 Å². The molecular formula is C15H21BrO. The maximum atomic E-state index is 10.7. The summed E-state index contributed by atoms with van der Waals surface area (Å²) in [5.74, 6) is 0.829. The molecule has 0 aromatic heterocycles. The van der Waals surface area contributed by atoms with Gasteiger partial charge in [0.05, 0.1) is 5.60 Å². The van der Waals surface area contributed by atoms with Crippen molar-refractivity contribution >= 4 is 15.9 Å². The third-order valence-corrected chi connectivity index (χ3v) is 4.54. The molecule has 1 aliphatic rings. The zero-order valence-corrected chi connectivity index (χ0v) is 12.0. The number of halogens is 1. The summed E-state index contributed by atoms with van der Waals surface area (Å²) in [4.78, 5) is 0. The van der Waals surface area contributed by atoms with Crippen molar-refractivity contribution in [2.24, 2.45) is 5.92 Å². The molecule has 0 atom stereocenters. The largest absolute Gasteiger partial charge is 0.385 e. The summed E-state index contributed by atoms with van der Waals surface area (Å²) >= 11 is 3.44. The van der Waals surface area contributed by atoms with Crippen molar-refractivity contribution in [3.05, 3.63) is 34.3 Å². The molecule has 2 heteroatoms. The Balaban J connectivity index is 2.04. The first-order chi connectivity index (χ1) is 8.14. The fraction of sp³-hybridized carbons (Fsp3) is 0.600. The summed E-state index contributed by atoms with van der Waals surface area (Å²) in [5.41, 5.74) is 0.501. The summed E-state index contributed by atoms with van der Waals surface area (Å²) in [6, 6.07) is 8.13. The van der Waals surface area contributed by atoms with Gasteiger partial charge < -0.3 is 5.11 Å². The molecule has 0 radical (unpaired) electrons. The monoisotopic (exact) mass is 296 g/mol. The molecule has 1 nitrogen and oxygen atoms in total. The molecule has 0 bridgehead atoms. The minimum absolute atomic E-state index is 0.578. The molecule has 17 heavy (non-hydrogen) atoms. The van der Waals surface area contributed by atoms with Crippen LogP contribution in [0.2, 0.25) is 0 Å². The summed E-state index contributed by atoms with van der Waals surface area (Å²) in [5, 5.41) is 10.7. The second kappa shape index (κ2) is 5.53. The van der Waals surface area contributed by atoms with Crippen molar-refractivity contribution in [3.63, 3.8) is 0 Å². The molecule has 1 fully saturated rings. The zero-order valence-electron chi connectivity index (χ0n) is 10.5. The summed E-state index contributed by atoms with van der Waals surface area (Å²) in [6.07, 6.45) is 6.75. The standard InChI is InChI=1S/C15H21BrO/c1-2-3-12-8-10-15(17,11-9-12)13-4-6-14(16)7-5-13/h4-7,12,17H,2-3,8-11H2,1H3. The van der Waals surface area contributed by atoms with E-state index in [1.807, 2.05) is 24.3 Å². The lowest BCUT2D eigenvalue weighted by atomic mass is 9.74. The summed E-state index contributed by atoms with van der Waals surface area (Å²) in [6.45, 7) is 2.25. The molecule has 0 amide bonds. The van der Waals surface area contributed by atoms with Gasteiger partial charge in [0.2, 0.25) is 0 Å². The minimum atomic E-state index is -0.578. The van der Waals surface area contributed by atoms with Gasteiger partial charge in [-0.1, -0.05) is 47.8 Å². The third-order valence-electron chi connectivity index (χ3n) is 4.01. The molecule has 1 aliphatic carbocycles. The molecule has 1 aromatic rings. The van der Waals surface area contributed by atoms with Crippen LogP contribution in [0.4, 0.5) is 0 Å². The van der Waals surface area contributed by atoms with E-state index in [9.17, 15) is 5.11 Å². The van der Waals surface area contributed by atoms with Crippen LogP contribution >= 0.6 is 15.9 Å². The maximum Gasteiger partial charge on any atom is 0.0896 e. The Bertz CT molecular complexity index is 350. The van der Waals surface area contributed by atoms with Gasteiger partial charge in [-0.3, -0.25) is 0 Å². The van der Waals surface area contributed by atoms with E-state index < -0.39 is 5.60 Å². The SMILES string of the molecule is CCCC1CCC(O)(c2ccc(Br)cc2)CC1. The average molecular weight is 297 g/mol. The second-order valence-electron chi connectivity index (χ2n) is 5.27. The number of rotatable bonds is 3. The van der Waals surface area contributed by atoms with E-state index in [0.717, 1.165) is 28.8 Å². The molecule has 0 heterocycles. The van der Waals surface area contributed by atoms with Crippen molar-refractivity contribution in [1.82, 2.24) is 0 Å². The lowest BCUT2D eigenvalue weighted by molar-refractivity contribution is -0.0152. The van der Waals surface area contributed by atoms with E-state index in [1.165, 1.54) is 25.7 Å². The van der Waals surface area contributed by atoms with E-state index in [0.29, 0.717) is 0 Å². The second-order valence-corrected chi connectivity index (χ2v) is 6.19. The Labute approximate surface area is 112 Å². The molecule has 0 unspecified atom stereocenters. The molecule has 2 rings (SSSR count). The normalized spacial score (nSPS) is 29.2. The van der Waals surface area contributed by atoms with Gasteiger partial charge in [0.25, 0.3) is 0 Å². The van der Waals surface area contributed by atoms with Crippen LogP contribution in [0.3, 0.4) is 0 Å². The number of hydrogen-bond acceptors (Lipinski definition) is 1. The number of benzene rings is 1. The quantitative estimate of drug-likeness (QED) is 0.862. The predicted octanol–water partition coefficient (Wildman–Crippen LogP) is 4.63. The van der Waals surface area contributed by atoms with Crippen molar-refractivity contribution in [2.75, 3.05) is 0 Å². The van der Waals surface area contributed by atoms with Crippen LogP contribution in [0, 0.1) is 5.92 Å². The van der Waals surface area contributed by atoms with Crippen LogP contribution in [0.5, 0.6) is 0 Å². The van der Waals surface area contributed by atoms with Crippen LogP contribution < -0.4 is 0 Å². The molecule has 1 saturated carbocycles. The minimum Gasteiger partial charge on any atom is -0.385 e. The van der Waals surface area contributed by atoms with Gasteiger partial charge in [-0.05, 0) is 49.3 Å². The first kappa shape index (κ1) is 13.1. The zero-order chi connectivity index (χ0) is 12.3. The molecular weight excluding hydrogens is 276 g/mol. The van der Waals surface area contributed by atoms with Crippen LogP contribution in [-0.2, 0) is 5.60 Å². The smallest absolute Gasteiger partial charge is 0.0896 e. The van der Waals surface area contributed by atoms with Gasteiger partial charge in [0.1, 0.15) is 0 Å². The molecule has 1 aromatic carbocycles. The Morgan fingerprint density at radius 3 is 2.35 bits per heavy atom. The van der Waals surface area contributed by atoms with Gasteiger partial charge in [0.15, 0.2) is 0 Å². The van der Waals surface area contributed by atoms with E-state index in [-0.39, 0.29) is 0 Å². The van der Waals surface area contributed by atoms with E-state index >= 15 is 0 Å². The highest BCUT2D eigenvalue weighted by Gasteiger charge is 2.34. The van der Waals surface area contributed by atoms with Crippen LogP contribution in [0.15, 0.2) is 28.7 Å². The van der Waals surface area contributed by atoms with Crippen LogP contribution in [0.1, 0.15) is 51.0 Å². The molecule has 0 spiro atoms. The Morgan fingerprint density at radius 1 is 1.24 bits per heavy atom. The Morgan fingerprint density at radius 2 is 1.82 bits per heavy atom. The van der Waals surface area contributed by atoms with E-state index in [4.69, 9.17) is 0 Å². The lowest BCUT2D eigenvalue weighted by Crippen LogP contribution is -2.31. The van der Waals surface area contributed by atoms with Gasteiger partial charge >= 0.3 is 0 Å². The van der Waals surface area contributed by atoms with Gasteiger partial charge in [-0.2, -0.15) is 0 Å². The van der Waals surface area contributed by atoms with Crippen molar-refractivity contribution in [1.29, 1.82) is 0 Å². The number of aliphatic hydroxyl groups is 1. The summed E-state index contributed by atoms with van der Waals surface area (Å²) in [7, 11) is 0. The van der Waals surface area contributed by atoms with Crippen LogP contribution in [-0.4, -0.2) is 5.11 Å². The lowest BCUT2D eigenvalue weighted by Gasteiger charge is -2.36. The topological polar surface area (TPSA) is 20.2 Å². The Kier molecular flexibility index (Phi) is 4.26. The predicted molar refractivity (Wildman–Crippen MR) is 74.9 cm³/mol. The van der Waals surface area contributed by atoms with Crippen LogP contribution in [0.25, 0.3) is 0 Å². The van der Waals surface area contributed by atoms with E-state index in [2.05, 4.69) is 22.9 Å². The molecule has 1 N–H and O–H groups in total. The fourth-order valence-corrected chi connectivity index (χ4v) is 3.17. The molecule has 0 saturated heterocycles. The number of hydrogen-bond donors (Lipinski definition) is 1. The average Bonchev–Trinajstić information content (AvgIpc) is 2.33. The first-order valence-electron chi connectivity index (χ1n) is 6.62. The van der Waals surface area contributed by atoms with Gasteiger partial charge in [-0.25, -0.2) is 0 Å². The molecule has 0 aliphatic heterocycles. The van der Waals surface area contributed by atoms with Crippen molar-refractivity contribution < 1.29 is 5.11 Å². The maximum absolute atomic E-state index is 10.7. The highest BCUT2D eigenvalue weighted by atomic mass is 79.9. The van der Waals surface area contributed by atoms with Gasteiger partial charge in [0, 0.05) is 4.47 Å². The van der Waals surface area contributed by atoms with Crippen molar-refractivity contribution in [2.45, 2.75) is 51.0 Å². The highest BCUT2D eigenvalue weighted by molar-refractivity contribution is 9.10. The van der Waals surface area contributed by atoms with Gasteiger partial charge in [-0.15, -0.1) is 0 Å². The first-order valence-corrected chi connectivity index (χ1v) is 7.42. The highest BCUT2D eigenvalue weighted by Crippen LogP contribution is 2.40. The third kappa shape index (κ3) is 3.11. The molecule has 94 valence electrons. The fourth-order valence-electron chi connectivity index (χ4n) is 2.90.